The van der Waals surface area contributed by atoms with Crippen LogP contribution in [0.15, 0.2) is 24.3 Å². The SMILES string of the molecule is CCC(CC)CCC/C=C/CCC(=O)CCCCCCCC(CCCCCCCC(=O)OC/C=C/CCCC(CC)CC)OC(=O)CCCOC. The first-order chi connectivity index (χ1) is 24.9. The van der Waals surface area contributed by atoms with E-state index in [4.69, 9.17) is 14.2 Å². The van der Waals surface area contributed by atoms with E-state index in [2.05, 4.69) is 45.9 Å². The van der Waals surface area contributed by atoms with Crippen molar-refractivity contribution in [3.63, 3.8) is 0 Å². The summed E-state index contributed by atoms with van der Waals surface area (Å²) in [6, 6.07) is 0. The lowest BCUT2D eigenvalue weighted by Crippen LogP contribution is -2.18. The summed E-state index contributed by atoms with van der Waals surface area (Å²) in [5.74, 6) is 1.86. The molecule has 51 heavy (non-hydrogen) atoms. The molecule has 0 aromatic rings. The van der Waals surface area contributed by atoms with E-state index in [9.17, 15) is 14.4 Å². The van der Waals surface area contributed by atoms with Gasteiger partial charge in [0.1, 0.15) is 18.5 Å². The topological polar surface area (TPSA) is 78.9 Å². The Labute approximate surface area is 315 Å². The van der Waals surface area contributed by atoms with Crippen molar-refractivity contribution in [2.24, 2.45) is 11.8 Å². The van der Waals surface area contributed by atoms with Crippen LogP contribution in [0.2, 0.25) is 0 Å². The Morgan fingerprint density at radius 2 is 0.980 bits per heavy atom. The van der Waals surface area contributed by atoms with Crippen LogP contribution in [0.4, 0.5) is 0 Å². The molecular weight excluding hydrogens is 636 g/mol. The summed E-state index contributed by atoms with van der Waals surface area (Å²) in [6.45, 7) is 10.0. The van der Waals surface area contributed by atoms with E-state index in [1.165, 1.54) is 51.4 Å². The molecule has 0 amide bonds. The molecule has 0 aliphatic rings. The predicted molar refractivity (Wildman–Crippen MR) is 215 cm³/mol. The zero-order valence-electron chi connectivity index (χ0n) is 34.2. The van der Waals surface area contributed by atoms with Crippen molar-refractivity contribution in [3.05, 3.63) is 24.3 Å². The zero-order chi connectivity index (χ0) is 37.6. The summed E-state index contributed by atoms with van der Waals surface area (Å²) in [7, 11) is 1.65. The third-order valence-corrected chi connectivity index (χ3v) is 10.5. The Morgan fingerprint density at radius 1 is 0.490 bits per heavy atom. The quantitative estimate of drug-likeness (QED) is 0.0359. The van der Waals surface area contributed by atoms with Gasteiger partial charge in [0.2, 0.25) is 0 Å². The number of ketones is 1. The minimum absolute atomic E-state index is 0.0304. The Hall–Kier alpha value is -1.95. The van der Waals surface area contributed by atoms with Gasteiger partial charge in [-0.2, -0.15) is 0 Å². The average Bonchev–Trinajstić information content (AvgIpc) is 3.13. The second-order valence-electron chi connectivity index (χ2n) is 14.8. The monoisotopic (exact) mass is 719 g/mol. The van der Waals surface area contributed by atoms with Crippen LogP contribution in [0.3, 0.4) is 0 Å². The molecule has 298 valence electrons. The van der Waals surface area contributed by atoms with Crippen molar-refractivity contribution in [2.45, 2.75) is 214 Å². The van der Waals surface area contributed by atoms with E-state index in [0.717, 1.165) is 108 Å². The first-order valence-corrected chi connectivity index (χ1v) is 21.6. The molecule has 0 aromatic carbocycles. The maximum atomic E-state index is 12.4. The van der Waals surface area contributed by atoms with Gasteiger partial charge in [-0.1, -0.05) is 129 Å². The second-order valence-corrected chi connectivity index (χ2v) is 14.8. The highest BCUT2D eigenvalue weighted by molar-refractivity contribution is 5.78. The summed E-state index contributed by atoms with van der Waals surface area (Å²) < 4.78 is 16.3. The van der Waals surface area contributed by atoms with Crippen molar-refractivity contribution in [3.8, 4) is 0 Å². The van der Waals surface area contributed by atoms with Gasteiger partial charge < -0.3 is 14.2 Å². The molecule has 6 nitrogen and oxygen atoms in total. The summed E-state index contributed by atoms with van der Waals surface area (Å²) >= 11 is 0. The van der Waals surface area contributed by atoms with Crippen LogP contribution in [-0.4, -0.2) is 44.1 Å². The number of Topliss-reactive ketones (excluding diaryl/α,β-unsaturated/α-hetero) is 1. The molecule has 1 atom stereocenters. The number of hydrogen-bond acceptors (Lipinski definition) is 6. The van der Waals surface area contributed by atoms with Gasteiger partial charge in [0.05, 0.1) is 0 Å². The van der Waals surface area contributed by atoms with Crippen molar-refractivity contribution >= 4 is 17.7 Å². The number of unbranched alkanes of at least 4 members (excludes halogenated alkanes) is 10. The Balaban J connectivity index is 4.08. The highest BCUT2D eigenvalue weighted by atomic mass is 16.5. The van der Waals surface area contributed by atoms with Crippen LogP contribution in [0.5, 0.6) is 0 Å². The van der Waals surface area contributed by atoms with Crippen LogP contribution in [0.1, 0.15) is 207 Å². The van der Waals surface area contributed by atoms with Crippen LogP contribution in [0, 0.1) is 11.8 Å². The Morgan fingerprint density at radius 3 is 1.55 bits per heavy atom. The lowest BCUT2D eigenvalue weighted by atomic mass is 9.96. The number of allylic oxidation sites excluding steroid dienone is 3. The molecule has 0 heterocycles. The highest BCUT2D eigenvalue weighted by Gasteiger charge is 2.14. The molecule has 1 unspecified atom stereocenters. The molecular formula is C45H82O6. The normalized spacial score (nSPS) is 12.5. The molecule has 0 N–H and O–H groups in total. The van der Waals surface area contributed by atoms with Crippen molar-refractivity contribution in [1.29, 1.82) is 0 Å². The number of carbonyl (C=O) groups excluding carboxylic acids is 3. The fourth-order valence-corrected chi connectivity index (χ4v) is 6.71. The predicted octanol–water partition coefficient (Wildman–Crippen LogP) is 13.0. The lowest BCUT2D eigenvalue weighted by Gasteiger charge is -2.18. The van der Waals surface area contributed by atoms with Gasteiger partial charge in [0.15, 0.2) is 0 Å². The van der Waals surface area contributed by atoms with Crippen LogP contribution in [0.25, 0.3) is 0 Å². The van der Waals surface area contributed by atoms with Crippen molar-refractivity contribution in [2.75, 3.05) is 20.3 Å². The van der Waals surface area contributed by atoms with Gasteiger partial charge in [-0.15, -0.1) is 0 Å². The largest absolute Gasteiger partial charge is 0.462 e. The fourth-order valence-electron chi connectivity index (χ4n) is 6.71. The summed E-state index contributed by atoms with van der Waals surface area (Å²) in [4.78, 5) is 36.8. The molecule has 0 fully saturated rings. The van der Waals surface area contributed by atoms with Crippen LogP contribution in [-0.2, 0) is 28.6 Å². The first kappa shape index (κ1) is 49.0. The van der Waals surface area contributed by atoms with Crippen LogP contribution < -0.4 is 0 Å². The average molecular weight is 719 g/mol. The fraction of sp³-hybridized carbons (Fsp3) is 0.844. The molecule has 0 rings (SSSR count). The van der Waals surface area contributed by atoms with Crippen LogP contribution >= 0.6 is 0 Å². The van der Waals surface area contributed by atoms with Gasteiger partial charge in [0.25, 0.3) is 0 Å². The molecule has 0 saturated carbocycles. The molecule has 0 radical (unpaired) electrons. The molecule has 0 spiro atoms. The van der Waals surface area contributed by atoms with E-state index < -0.39 is 0 Å². The number of carbonyl (C=O) groups is 3. The maximum absolute atomic E-state index is 12.4. The Kier molecular flexibility index (Phi) is 36.4. The zero-order valence-corrected chi connectivity index (χ0v) is 34.2. The number of esters is 2. The number of methoxy groups -OCH3 is 1. The van der Waals surface area contributed by atoms with Gasteiger partial charge in [-0.05, 0) is 88.9 Å². The third-order valence-electron chi connectivity index (χ3n) is 10.5. The molecule has 0 aliphatic heterocycles. The van der Waals surface area contributed by atoms with E-state index in [1.54, 1.807) is 7.11 Å². The summed E-state index contributed by atoms with van der Waals surface area (Å²) in [5.41, 5.74) is 0. The summed E-state index contributed by atoms with van der Waals surface area (Å²) in [5, 5.41) is 0. The van der Waals surface area contributed by atoms with Gasteiger partial charge >= 0.3 is 11.9 Å². The highest BCUT2D eigenvalue weighted by Crippen LogP contribution is 2.19. The maximum Gasteiger partial charge on any atom is 0.306 e. The number of rotatable bonds is 38. The first-order valence-electron chi connectivity index (χ1n) is 21.6. The molecule has 0 bridgehead atoms. The van der Waals surface area contributed by atoms with E-state index in [1.807, 2.05) is 6.08 Å². The van der Waals surface area contributed by atoms with Crippen molar-refractivity contribution in [1.82, 2.24) is 0 Å². The Bertz CT molecular complexity index is 799. The van der Waals surface area contributed by atoms with Gasteiger partial charge in [-0.25, -0.2) is 0 Å². The van der Waals surface area contributed by atoms with E-state index in [-0.39, 0.29) is 18.0 Å². The number of ether oxygens (including phenoxy) is 3. The van der Waals surface area contributed by atoms with Crippen molar-refractivity contribution < 1.29 is 28.6 Å². The molecule has 0 aliphatic carbocycles. The molecule has 0 aromatic heterocycles. The second kappa shape index (κ2) is 37.8. The lowest BCUT2D eigenvalue weighted by molar-refractivity contribution is -0.150. The summed E-state index contributed by atoms with van der Waals surface area (Å²) in [6.07, 6.45) is 36.9. The van der Waals surface area contributed by atoms with E-state index in [0.29, 0.717) is 51.1 Å². The van der Waals surface area contributed by atoms with E-state index >= 15 is 0 Å². The van der Waals surface area contributed by atoms with Gasteiger partial charge in [-0.3, -0.25) is 14.4 Å². The van der Waals surface area contributed by atoms with Gasteiger partial charge in [0, 0.05) is 39.4 Å². The minimum atomic E-state index is -0.123. The smallest absolute Gasteiger partial charge is 0.306 e. The number of hydrogen-bond donors (Lipinski definition) is 0. The minimum Gasteiger partial charge on any atom is -0.462 e. The molecule has 0 saturated heterocycles. The standard InChI is InChI=1S/C45H82O6/c1-6-40(7-2)30-21-13-10-14-23-32-42(46)33-24-15-11-16-25-34-43(51-45(48)37-29-38-49-5)35-26-17-12-18-27-36-44(47)50-39-28-20-19-22-31-41(8-3)9-4/h10,14,20,28,40-41,43H,6-9,11-13,15-19,21-27,29-39H2,1-5H3/b14-10+,28-20+. The third kappa shape index (κ3) is 33.6. The molecule has 6 heteroatoms.